The predicted octanol–water partition coefficient (Wildman–Crippen LogP) is 5.10. The Morgan fingerprint density at radius 2 is 1.69 bits per heavy atom. The molecule has 0 atom stereocenters. The fourth-order valence-corrected chi connectivity index (χ4v) is 2.69. The minimum absolute atomic E-state index is 0.0659. The van der Waals surface area contributed by atoms with Gasteiger partial charge in [-0.25, -0.2) is 5.43 Å². The molecule has 2 aromatic carbocycles. The molecule has 2 rings (SSSR count). The highest BCUT2D eigenvalue weighted by Crippen LogP contribution is 2.13. The molecule has 29 heavy (non-hydrogen) atoms. The molecule has 0 aliphatic rings. The quantitative estimate of drug-likeness (QED) is 0.233. The highest BCUT2D eigenvalue weighted by atomic mass is 16.6. The molecule has 0 aliphatic heterocycles. The molecule has 1 amide bonds. The number of benzene rings is 2. The number of nitro benzene ring substituents is 1. The van der Waals surface area contributed by atoms with Gasteiger partial charge < -0.3 is 4.74 Å². The average Bonchev–Trinajstić information content (AvgIpc) is 2.74. The summed E-state index contributed by atoms with van der Waals surface area (Å²) in [6, 6.07) is 12.8. The fraction of sp³-hybridized carbons (Fsp3) is 0.364. The summed E-state index contributed by atoms with van der Waals surface area (Å²) >= 11 is 0. The number of nitrogens with one attached hydrogen (secondary N) is 1. The Hall–Kier alpha value is -3.22. The minimum Gasteiger partial charge on any atom is -0.494 e. The van der Waals surface area contributed by atoms with Gasteiger partial charge in [0.2, 0.25) is 0 Å². The maximum absolute atomic E-state index is 12.0. The van der Waals surface area contributed by atoms with Crippen molar-refractivity contribution in [2.45, 2.75) is 45.4 Å². The SMILES string of the molecule is CCCCCCCCOc1ccc(/C=N\NC(=O)c2ccc([N+](=O)[O-])cc2)cc1. The first-order chi connectivity index (χ1) is 14.1. The molecule has 0 heterocycles. The van der Waals surface area contributed by atoms with Crippen LogP contribution in [0.25, 0.3) is 0 Å². The third-order valence-corrected chi connectivity index (χ3v) is 4.37. The van der Waals surface area contributed by atoms with Crippen LogP contribution >= 0.6 is 0 Å². The molecule has 7 heteroatoms. The summed E-state index contributed by atoms with van der Waals surface area (Å²) in [5.74, 6) is 0.376. The number of carbonyl (C=O) groups is 1. The normalized spacial score (nSPS) is 10.8. The molecule has 7 nitrogen and oxygen atoms in total. The zero-order valence-corrected chi connectivity index (χ0v) is 16.7. The first kappa shape index (κ1) is 22.1. The number of carbonyl (C=O) groups excluding carboxylic acids is 1. The maximum Gasteiger partial charge on any atom is 0.271 e. The van der Waals surface area contributed by atoms with Crippen molar-refractivity contribution in [3.63, 3.8) is 0 Å². The molecule has 0 aromatic heterocycles. The van der Waals surface area contributed by atoms with Crippen LogP contribution in [0.3, 0.4) is 0 Å². The van der Waals surface area contributed by atoms with E-state index >= 15 is 0 Å². The average molecular weight is 397 g/mol. The second-order valence-electron chi connectivity index (χ2n) is 6.69. The zero-order chi connectivity index (χ0) is 20.9. The standard InChI is InChI=1S/C22H27N3O4/c1-2-3-4-5-6-7-16-29-21-14-8-18(9-15-21)17-23-24-22(26)19-10-12-20(13-11-19)25(27)28/h8-15,17H,2-7,16H2,1H3,(H,24,26)/b23-17-. The third kappa shape index (κ3) is 8.13. The number of hydrogen-bond acceptors (Lipinski definition) is 5. The number of hydrazone groups is 1. The van der Waals surface area contributed by atoms with Gasteiger partial charge in [0.15, 0.2) is 0 Å². The van der Waals surface area contributed by atoms with Crippen LogP contribution in [0.4, 0.5) is 5.69 Å². The number of rotatable bonds is 12. The van der Waals surface area contributed by atoms with Crippen molar-refractivity contribution in [1.29, 1.82) is 0 Å². The van der Waals surface area contributed by atoms with Gasteiger partial charge in [-0.2, -0.15) is 5.10 Å². The Kier molecular flexibility index (Phi) is 9.35. The van der Waals surface area contributed by atoms with Gasteiger partial charge in [0, 0.05) is 17.7 Å². The topological polar surface area (TPSA) is 93.8 Å². The Balaban J connectivity index is 1.72. The largest absolute Gasteiger partial charge is 0.494 e. The lowest BCUT2D eigenvalue weighted by molar-refractivity contribution is -0.384. The monoisotopic (exact) mass is 397 g/mol. The molecular formula is C22H27N3O4. The van der Waals surface area contributed by atoms with E-state index in [9.17, 15) is 14.9 Å². The van der Waals surface area contributed by atoms with Gasteiger partial charge in [0.25, 0.3) is 11.6 Å². The van der Waals surface area contributed by atoms with Crippen molar-refractivity contribution in [2.24, 2.45) is 5.10 Å². The van der Waals surface area contributed by atoms with Crippen molar-refractivity contribution >= 4 is 17.8 Å². The predicted molar refractivity (Wildman–Crippen MR) is 113 cm³/mol. The Morgan fingerprint density at radius 3 is 2.34 bits per heavy atom. The van der Waals surface area contributed by atoms with Crippen LogP contribution in [0.15, 0.2) is 53.6 Å². The number of unbranched alkanes of at least 4 members (excludes halogenated alkanes) is 5. The molecule has 0 radical (unpaired) electrons. The molecule has 0 bridgehead atoms. The zero-order valence-electron chi connectivity index (χ0n) is 16.7. The molecular weight excluding hydrogens is 370 g/mol. The van der Waals surface area contributed by atoms with E-state index in [0.29, 0.717) is 12.2 Å². The van der Waals surface area contributed by atoms with E-state index in [2.05, 4.69) is 17.5 Å². The van der Waals surface area contributed by atoms with Crippen molar-refractivity contribution in [3.05, 3.63) is 69.8 Å². The molecule has 0 fully saturated rings. The van der Waals surface area contributed by atoms with E-state index in [1.165, 1.54) is 62.6 Å². The summed E-state index contributed by atoms with van der Waals surface area (Å²) in [5, 5.41) is 14.5. The summed E-state index contributed by atoms with van der Waals surface area (Å²) in [4.78, 5) is 22.1. The Bertz CT molecular complexity index is 802. The van der Waals surface area contributed by atoms with Gasteiger partial charge in [-0.15, -0.1) is 0 Å². The minimum atomic E-state index is -0.513. The molecule has 0 aliphatic carbocycles. The van der Waals surface area contributed by atoms with Crippen LogP contribution in [0.5, 0.6) is 5.75 Å². The van der Waals surface area contributed by atoms with Gasteiger partial charge in [0.05, 0.1) is 17.7 Å². The van der Waals surface area contributed by atoms with Crippen molar-refractivity contribution < 1.29 is 14.5 Å². The number of ether oxygens (including phenoxy) is 1. The van der Waals surface area contributed by atoms with Gasteiger partial charge in [-0.05, 0) is 48.4 Å². The van der Waals surface area contributed by atoms with Crippen molar-refractivity contribution in [1.82, 2.24) is 5.43 Å². The molecule has 0 saturated heterocycles. The summed E-state index contributed by atoms with van der Waals surface area (Å²) in [7, 11) is 0. The van der Waals surface area contributed by atoms with Gasteiger partial charge >= 0.3 is 0 Å². The lowest BCUT2D eigenvalue weighted by Gasteiger charge is -2.06. The molecule has 1 N–H and O–H groups in total. The van der Waals surface area contributed by atoms with E-state index in [1.807, 2.05) is 24.3 Å². The number of amides is 1. The first-order valence-corrected chi connectivity index (χ1v) is 9.91. The van der Waals surface area contributed by atoms with Crippen LogP contribution < -0.4 is 10.2 Å². The number of hydrogen-bond donors (Lipinski definition) is 1. The van der Waals surface area contributed by atoms with Gasteiger partial charge in [-0.1, -0.05) is 39.0 Å². The fourth-order valence-electron chi connectivity index (χ4n) is 2.69. The van der Waals surface area contributed by atoms with E-state index in [-0.39, 0.29) is 5.69 Å². The number of nitrogens with zero attached hydrogens (tertiary/aromatic N) is 2. The summed E-state index contributed by atoms with van der Waals surface area (Å²) < 4.78 is 5.73. The van der Waals surface area contributed by atoms with Crippen LogP contribution in [-0.4, -0.2) is 23.7 Å². The van der Waals surface area contributed by atoms with E-state index in [4.69, 9.17) is 4.74 Å². The Labute approximate surface area is 170 Å². The van der Waals surface area contributed by atoms with Crippen molar-refractivity contribution in [3.8, 4) is 5.75 Å². The highest BCUT2D eigenvalue weighted by molar-refractivity contribution is 5.95. The first-order valence-electron chi connectivity index (χ1n) is 9.91. The molecule has 0 unspecified atom stereocenters. The number of non-ortho nitro benzene ring substituents is 1. The third-order valence-electron chi connectivity index (χ3n) is 4.37. The summed E-state index contributed by atoms with van der Waals surface area (Å²) in [5.41, 5.74) is 3.45. The second-order valence-corrected chi connectivity index (χ2v) is 6.69. The summed E-state index contributed by atoms with van der Waals surface area (Å²) in [6.07, 6.45) is 8.90. The second kappa shape index (κ2) is 12.3. The van der Waals surface area contributed by atoms with Crippen LogP contribution in [0.2, 0.25) is 0 Å². The van der Waals surface area contributed by atoms with Gasteiger partial charge in [-0.3, -0.25) is 14.9 Å². The van der Waals surface area contributed by atoms with E-state index in [1.54, 1.807) is 0 Å². The number of nitro groups is 1. The molecule has 154 valence electrons. The lowest BCUT2D eigenvalue weighted by atomic mass is 10.1. The summed E-state index contributed by atoms with van der Waals surface area (Å²) in [6.45, 7) is 2.93. The Morgan fingerprint density at radius 1 is 1.03 bits per heavy atom. The smallest absolute Gasteiger partial charge is 0.271 e. The molecule has 2 aromatic rings. The van der Waals surface area contributed by atoms with Gasteiger partial charge in [0.1, 0.15) is 5.75 Å². The van der Waals surface area contributed by atoms with E-state index < -0.39 is 10.8 Å². The van der Waals surface area contributed by atoms with E-state index in [0.717, 1.165) is 17.7 Å². The molecule has 0 saturated carbocycles. The highest BCUT2D eigenvalue weighted by Gasteiger charge is 2.08. The lowest BCUT2D eigenvalue weighted by Crippen LogP contribution is -2.17. The maximum atomic E-state index is 12.0. The van der Waals surface area contributed by atoms with Crippen LogP contribution in [0, 0.1) is 10.1 Å². The van der Waals surface area contributed by atoms with Crippen LogP contribution in [0.1, 0.15) is 61.4 Å². The van der Waals surface area contributed by atoms with Crippen molar-refractivity contribution in [2.75, 3.05) is 6.61 Å². The van der Waals surface area contributed by atoms with Crippen LogP contribution in [-0.2, 0) is 0 Å². The molecule has 0 spiro atoms.